The Labute approximate surface area is 194 Å². The number of allylic oxidation sites excluding steroid dienone is 1. The number of aliphatic carboxylic acids is 3. The van der Waals surface area contributed by atoms with Gasteiger partial charge in [0.2, 0.25) is 0 Å². The van der Waals surface area contributed by atoms with Crippen LogP contribution < -0.4 is 0 Å². The Morgan fingerprint density at radius 2 is 1.00 bits per heavy atom. The van der Waals surface area contributed by atoms with Crippen LogP contribution in [0.3, 0.4) is 0 Å². The number of quaternary nitrogens is 1. The first-order valence-corrected chi connectivity index (χ1v) is 12.5. The van der Waals surface area contributed by atoms with Crippen molar-refractivity contribution in [3.05, 3.63) is 12.3 Å². The molecule has 0 aromatic rings. The van der Waals surface area contributed by atoms with E-state index in [4.69, 9.17) is 15.3 Å². The first-order valence-electron chi connectivity index (χ1n) is 12.5. The van der Waals surface area contributed by atoms with Gasteiger partial charge < -0.3 is 15.3 Å². The van der Waals surface area contributed by atoms with Crippen LogP contribution in [0.25, 0.3) is 0 Å². The van der Waals surface area contributed by atoms with Gasteiger partial charge in [-0.1, -0.05) is 39.0 Å². The van der Waals surface area contributed by atoms with E-state index in [-0.39, 0.29) is 19.3 Å². The third-order valence-electron chi connectivity index (χ3n) is 5.88. The molecular weight excluding hydrogens is 410 g/mol. The minimum atomic E-state index is -0.787. The van der Waals surface area contributed by atoms with Gasteiger partial charge in [0.05, 0.1) is 25.8 Å². The Kier molecular flexibility index (Phi) is 18.6. The van der Waals surface area contributed by atoms with Crippen LogP contribution in [0.1, 0.15) is 110 Å². The lowest BCUT2D eigenvalue weighted by Crippen LogP contribution is -2.45. The van der Waals surface area contributed by atoms with Crippen LogP contribution in [-0.4, -0.2) is 57.3 Å². The minimum Gasteiger partial charge on any atom is -0.481 e. The van der Waals surface area contributed by atoms with Gasteiger partial charge in [-0.25, -0.2) is 0 Å². The zero-order chi connectivity index (χ0) is 24.1. The van der Waals surface area contributed by atoms with Crippen LogP contribution in [0, 0.1) is 0 Å². The molecule has 0 atom stereocenters. The number of unbranched alkanes of at least 4 members (excludes halogenated alkanes) is 9. The second kappa shape index (κ2) is 19.8. The molecule has 0 spiro atoms. The number of carboxylic acids is 3. The van der Waals surface area contributed by atoms with Gasteiger partial charge in [0.25, 0.3) is 0 Å². The standard InChI is InChI=1S/C25H45NO6/c1-2-3-4-5-6-7-8-12-19-26(20-13-9-16-23(27)28,21-14-10-17-24(29)30)22-15-11-18-25(31)32/h12,19H,2-11,13-18,20-22H2,1H3,(H2-,27,28,29,30,31,32)/p+1/b19-12+. The number of nitrogens with zero attached hydrogens (tertiary/aromatic N) is 1. The average molecular weight is 457 g/mol. The molecule has 32 heavy (non-hydrogen) atoms. The molecule has 0 heterocycles. The third kappa shape index (κ3) is 18.8. The Balaban J connectivity index is 4.97. The number of carboxylic acid groups (broad SMARTS) is 3. The summed E-state index contributed by atoms with van der Waals surface area (Å²) in [6.07, 6.45) is 17.6. The van der Waals surface area contributed by atoms with E-state index in [1.165, 1.54) is 32.1 Å². The van der Waals surface area contributed by atoms with E-state index in [1.807, 2.05) is 0 Å². The Hall–Kier alpha value is -1.89. The molecule has 0 aromatic carbocycles. The number of hydrogen-bond donors (Lipinski definition) is 3. The second-order valence-electron chi connectivity index (χ2n) is 8.88. The number of rotatable bonds is 23. The van der Waals surface area contributed by atoms with Gasteiger partial charge in [-0.05, 0) is 57.4 Å². The molecule has 0 unspecified atom stereocenters. The normalized spacial score (nSPS) is 11.8. The lowest BCUT2D eigenvalue weighted by atomic mass is 10.1. The van der Waals surface area contributed by atoms with Crippen LogP contribution >= 0.6 is 0 Å². The van der Waals surface area contributed by atoms with Gasteiger partial charge in [0.1, 0.15) is 0 Å². The minimum absolute atomic E-state index is 0.152. The van der Waals surface area contributed by atoms with Gasteiger partial charge in [-0.15, -0.1) is 0 Å². The van der Waals surface area contributed by atoms with Crippen molar-refractivity contribution in [1.29, 1.82) is 0 Å². The van der Waals surface area contributed by atoms with E-state index in [0.29, 0.717) is 23.7 Å². The van der Waals surface area contributed by atoms with Crippen LogP contribution in [0.2, 0.25) is 0 Å². The smallest absolute Gasteiger partial charge is 0.303 e. The van der Waals surface area contributed by atoms with Crippen LogP contribution in [0.15, 0.2) is 12.3 Å². The van der Waals surface area contributed by atoms with Crippen LogP contribution in [0.5, 0.6) is 0 Å². The SMILES string of the molecule is CCCCCCCC/C=C/[N+](CCCCC(=O)O)(CCCCC(=O)O)CCCCC(=O)O. The highest BCUT2D eigenvalue weighted by Gasteiger charge is 2.24. The quantitative estimate of drug-likeness (QED) is 0.132. The van der Waals surface area contributed by atoms with E-state index in [1.54, 1.807) is 0 Å². The van der Waals surface area contributed by atoms with Crippen molar-refractivity contribution < 1.29 is 34.2 Å². The fourth-order valence-corrected chi connectivity index (χ4v) is 4.01. The predicted octanol–water partition coefficient (Wildman–Crippen LogP) is 5.83. The highest BCUT2D eigenvalue weighted by Crippen LogP contribution is 2.19. The summed E-state index contributed by atoms with van der Waals surface area (Å²) in [5, 5.41) is 26.8. The second-order valence-corrected chi connectivity index (χ2v) is 8.88. The van der Waals surface area contributed by atoms with Crippen molar-refractivity contribution >= 4 is 17.9 Å². The fraction of sp³-hybridized carbons (Fsp3) is 0.800. The number of hydrogen-bond acceptors (Lipinski definition) is 3. The molecule has 0 radical (unpaired) electrons. The maximum absolute atomic E-state index is 10.9. The van der Waals surface area contributed by atoms with E-state index < -0.39 is 17.9 Å². The monoisotopic (exact) mass is 456 g/mol. The van der Waals surface area contributed by atoms with E-state index in [9.17, 15) is 14.4 Å². The average Bonchev–Trinajstić information content (AvgIpc) is 2.73. The molecule has 0 rings (SSSR count). The lowest BCUT2D eigenvalue weighted by molar-refractivity contribution is -0.880. The molecule has 0 aromatic heterocycles. The molecule has 0 aliphatic heterocycles. The van der Waals surface area contributed by atoms with E-state index in [0.717, 1.165) is 51.7 Å². The van der Waals surface area contributed by atoms with Crippen LogP contribution in [0.4, 0.5) is 0 Å². The van der Waals surface area contributed by atoms with Crippen molar-refractivity contribution in [2.45, 2.75) is 110 Å². The van der Waals surface area contributed by atoms with Gasteiger partial charge in [-0.3, -0.25) is 18.9 Å². The molecule has 0 aliphatic carbocycles. The highest BCUT2D eigenvalue weighted by atomic mass is 16.4. The van der Waals surface area contributed by atoms with Gasteiger partial charge in [0.15, 0.2) is 0 Å². The van der Waals surface area contributed by atoms with Crippen molar-refractivity contribution in [1.82, 2.24) is 0 Å². The molecular formula is C25H46NO6+. The van der Waals surface area contributed by atoms with Crippen molar-refractivity contribution in [2.24, 2.45) is 0 Å². The van der Waals surface area contributed by atoms with Gasteiger partial charge in [-0.2, -0.15) is 0 Å². The summed E-state index contributed by atoms with van der Waals surface area (Å²) < 4.78 is 0.689. The molecule has 7 nitrogen and oxygen atoms in total. The Morgan fingerprint density at radius 1 is 0.594 bits per heavy atom. The molecule has 0 bridgehead atoms. The summed E-state index contributed by atoms with van der Waals surface area (Å²) in [6.45, 7) is 4.63. The highest BCUT2D eigenvalue weighted by molar-refractivity contribution is 5.67. The summed E-state index contributed by atoms with van der Waals surface area (Å²) >= 11 is 0. The fourth-order valence-electron chi connectivity index (χ4n) is 4.01. The maximum atomic E-state index is 10.9. The van der Waals surface area contributed by atoms with Gasteiger partial charge in [0, 0.05) is 19.3 Å². The zero-order valence-corrected chi connectivity index (χ0v) is 20.1. The predicted molar refractivity (Wildman–Crippen MR) is 126 cm³/mol. The van der Waals surface area contributed by atoms with Crippen molar-refractivity contribution in [2.75, 3.05) is 19.6 Å². The summed E-state index contributed by atoms with van der Waals surface area (Å²) in [5.74, 6) is -2.36. The van der Waals surface area contributed by atoms with Crippen molar-refractivity contribution in [3.63, 3.8) is 0 Å². The maximum Gasteiger partial charge on any atom is 0.303 e. The molecule has 0 saturated carbocycles. The van der Waals surface area contributed by atoms with Gasteiger partial charge >= 0.3 is 17.9 Å². The topological polar surface area (TPSA) is 112 Å². The molecule has 3 N–H and O–H groups in total. The third-order valence-corrected chi connectivity index (χ3v) is 5.88. The first kappa shape index (κ1) is 30.1. The lowest BCUT2D eigenvalue weighted by Gasteiger charge is -2.35. The Morgan fingerprint density at radius 3 is 1.41 bits per heavy atom. The summed E-state index contributed by atoms with van der Waals surface area (Å²) in [4.78, 5) is 32.6. The van der Waals surface area contributed by atoms with Crippen molar-refractivity contribution in [3.8, 4) is 0 Å². The number of carbonyl (C=O) groups is 3. The zero-order valence-electron chi connectivity index (χ0n) is 20.1. The first-order chi connectivity index (χ1) is 15.3. The molecule has 7 heteroatoms. The largest absolute Gasteiger partial charge is 0.481 e. The molecule has 0 amide bonds. The van der Waals surface area contributed by atoms with E-state index >= 15 is 0 Å². The molecule has 0 fully saturated rings. The molecule has 0 saturated heterocycles. The molecule has 0 aliphatic rings. The van der Waals surface area contributed by atoms with E-state index in [2.05, 4.69) is 19.2 Å². The Bertz CT molecular complexity index is 491. The van der Waals surface area contributed by atoms with Crippen LogP contribution in [-0.2, 0) is 14.4 Å². The molecule has 186 valence electrons. The summed E-state index contributed by atoms with van der Waals surface area (Å²) in [7, 11) is 0. The summed E-state index contributed by atoms with van der Waals surface area (Å²) in [5.41, 5.74) is 0. The summed E-state index contributed by atoms with van der Waals surface area (Å²) in [6, 6.07) is 0.